The third kappa shape index (κ3) is 2.41. The van der Waals surface area contributed by atoms with Crippen LogP contribution in [0.1, 0.15) is 30.1 Å². The molecular weight excluding hydrogens is 274 g/mol. The number of rotatable bonds is 3. The molecule has 0 bridgehead atoms. The quantitative estimate of drug-likeness (QED) is 0.782. The summed E-state index contributed by atoms with van der Waals surface area (Å²) >= 11 is 0. The molecule has 1 aromatic rings. The van der Waals surface area contributed by atoms with E-state index in [9.17, 15) is 19.5 Å². The first-order valence-electron chi connectivity index (χ1n) is 6.57. The number of hydrogen-bond acceptors (Lipinski definition) is 5. The van der Waals surface area contributed by atoms with Gasteiger partial charge >= 0.3 is 5.97 Å². The van der Waals surface area contributed by atoms with E-state index in [1.807, 2.05) is 0 Å². The highest BCUT2D eigenvalue weighted by atomic mass is 16.4. The minimum absolute atomic E-state index is 0.108. The average Bonchev–Trinajstić information content (AvgIpc) is 2.82. The molecule has 112 valence electrons. The van der Waals surface area contributed by atoms with Gasteiger partial charge in [0.1, 0.15) is 0 Å². The van der Waals surface area contributed by atoms with Crippen LogP contribution < -0.4 is 5.84 Å². The van der Waals surface area contributed by atoms with Crippen LogP contribution in [0.25, 0.3) is 0 Å². The summed E-state index contributed by atoms with van der Waals surface area (Å²) in [6, 6.07) is 8.08. The Bertz CT molecular complexity index is 575. The predicted molar refractivity (Wildman–Crippen MR) is 73.8 cm³/mol. The number of carboxylic acid groups (broad SMARTS) is 1. The molecule has 0 radical (unpaired) electrons. The smallest absolute Gasteiger partial charge is 0.346 e. The van der Waals surface area contributed by atoms with Crippen molar-refractivity contribution in [1.82, 2.24) is 9.91 Å². The largest absolute Gasteiger partial charge is 0.478 e. The molecule has 0 spiro atoms. The zero-order chi connectivity index (χ0) is 15.6. The van der Waals surface area contributed by atoms with E-state index in [1.54, 1.807) is 18.2 Å². The van der Waals surface area contributed by atoms with Crippen LogP contribution in [0.2, 0.25) is 0 Å². The van der Waals surface area contributed by atoms with Gasteiger partial charge in [-0.25, -0.2) is 14.7 Å². The molecule has 1 saturated heterocycles. The summed E-state index contributed by atoms with van der Waals surface area (Å²) in [5.74, 6) is 3.16. The van der Waals surface area contributed by atoms with Crippen molar-refractivity contribution in [3.63, 3.8) is 0 Å². The lowest BCUT2D eigenvalue weighted by Gasteiger charge is -2.39. The van der Waals surface area contributed by atoms with E-state index < -0.39 is 23.4 Å². The number of nitrogens with zero attached hydrogens (tertiary/aromatic N) is 2. The minimum atomic E-state index is -1.82. The van der Waals surface area contributed by atoms with Crippen LogP contribution in [0.3, 0.4) is 0 Å². The second-order valence-electron chi connectivity index (χ2n) is 4.94. The van der Waals surface area contributed by atoms with Crippen molar-refractivity contribution >= 4 is 17.8 Å². The maximum absolute atomic E-state index is 12.6. The highest BCUT2D eigenvalue weighted by Crippen LogP contribution is 2.32. The molecule has 1 unspecified atom stereocenters. The number of benzene rings is 1. The van der Waals surface area contributed by atoms with Gasteiger partial charge in [0.05, 0.1) is 0 Å². The zero-order valence-corrected chi connectivity index (χ0v) is 11.7. The molecule has 0 aromatic heterocycles. The van der Waals surface area contributed by atoms with Crippen molar-refractivity contribution < 1.29 is 19.5 Å². The van der Waals surface area contributed by atoms with E-state index >= 15 is 0 Å². The van der Waals surface area contributed by atoms with Crippen LogP contribution in [0.15, 0.2) is 30.3 Å². The van der Waals surface area contributed by atoms with E-state index in [0.29, 0.717) is 13.0 Å². The monoisotopic (exact) mass is 291 g/mol. The van der Waals surface area contributed by atoms with Crippen LogP contribution in [-0.4, -0.2) is 45.0 Å². The molecule has 1 fully saturated rings. The lowest BCUT2D eigenvalue weighted by molar-refractivity contribution is -0.167. The Balaban J connectivity index is 2.50. The highest BCUT2D eigenvalue weighted by molar-refractivity contribution is 6.07. The number of hydrazine groups is 1. The highest BCUT2D eigenvalue weighted by Gasteiger charge is 2.55. The fourth-order valence-corrected chi connectivity index (χ4v) is 2.67. The van der Waals surface area contributed by atoms with Crippen LogP contribution in [-0.2, 0) is 9.59 Å². The summed E-state index contributed by atoms with van der Waals surface area (Å²) < 4.78 is 0. The number of carbonyl (C=O) groups excluding carboxylic acids is 2. The summed E-state index contributed by atoms with van der Waals surface area (Å²) in [4.78, 5) is 37.0. The Kier molecular flexibility index (Phi) is 4.06. The molecule has 7 heteroatoms. The molecule has 2 rings (SSSR count). The van der Waals surface area contributed by atoms with Crippen molar-refractivity contribution in [2.24, 2.45) is 5.84 Å². The lowest BCUT2D eigenvalue weighted by atomic mass is 10.0. The van der Waals surface area contributed by atoms with Crippen molar-refractivity contribution in [1.29, 1.82) is 0 Å². The van der Waals surface area contributed by atoms with E-state index in [2.05, 4.69) is 0 Å². The van der Waals surface area contributed by atoms with Gasteiger partial charge in [0.2, 0.25) is 11.6 Å². The minimum Gasteiger partial charge on any atom is -0.478 e. The first-order chi connectivity index (χ1) is 9.91. The summed E-state index contributed by atoms with van der Waals surface area (Å²) in [7, 11) is 0. The third-order valence-electron chi connectivity index (χ3n) is 3.65. The standard InChI is InChI=1S/C14H17N3O4/c1-10(18)17(12(19)11-6-3-2-4-7-11)14(13(20)21)8-5-9-16(14)15/h2-4,6-7H,5,8-9,15H2,1H3,(H,20,21). The fourth-order valence-electron chi connectivity index (χ4n) is 2.67. The maximum Gasteiger partial charge on any atom is 0.346 e. The summed E-state index contributed by atoms with van der Waals surface area (Å²) in [5, 5.41) is 10.6. The van der Waals surface area contributed by atoms with Crippen molar-refractivity contribution in [2.45, 2.75) is 25.4 Å². The maximum atomic E-state index is 12.6. The molecule has 0 aliphatic carbocycles. The molecule has 0 saturated carbocycles. The molecule has 1 atom stereocenters. The van der Waals surface area contributed by atoms with E-state index in [-0.39, 0.29) is 12.0 Å². The topological polar surface area (TPSA) is 104 Å². The van der Waals surface area contributed by atoms with Gasteiger partial charge in [-0.05, 0) is 25.0 Å². The molecule has 7 nitrogen and oxygen atoms in total. The fraction of sp³-hybridized carbons (Fsp3) is 0.357. The second kappa shape index (κ2) is 5.63. The molecule has 1 aromatic carbocycles. The number of imide groups is 1. The van der Waals surface area contributed by atoms with Crippen LogP contribution in [0, 0.1) is 0 Å². The Hall–Kier alpha value is -2.25. The van der Waals surface area contributed by atoms with Crippen LogP contribution >= 0.6 is 0 Å². The van der Waals surface area contributed by atoms with E-state index in [0.717, 1.165) is 16.8 Å². The first-order valence-corrected chi connectivity index (χ1v) is 6.57. The normalized spacial score (nSPS) is 22.0. The molecule has 1 aliphatic rings. The van der Waals surface area contributed by atoms with Crippen molar-refractivity contribution in [3.05, 3.63) is 35.9 Å². The van der Waals surface area contributed by atoms with Gasteiger partial charge < -0.3 is 5.11 Å². The molecular formula is C14H17N3O4. The second-order valence-corrected chi connectivity index (χ2v) is 4.94. The van der Waals surface area contributed by atoms with Gasteiger partial charge in [0.25, 0.3) is 5.91 Å². The number of nitrogens with two attached hydrogens (primary N) is 1. The Morgan fingerprint density at radius 2 is 1.90 bits per heavy atom. The summed E-state index contributed by atoms with van der Waals surface area (Å²) in [6.07, 6.45) is 0.603. The first kappa shape index (κ1) is 15.1. The average molecular weight is 291 g/mol. The third-order valence-corrected chi connectivity index (χ3v) is 3.65. The molecule has 21 heavy (non-hydrogen) atoms. The van der Waals surface area contributed by atoms with Crippen LogP contribution in [0.4, 0.5) is 0 Å². The Labute approximate surface area is 121 Å². The summed E-state index contributed by atoms with van der Waals surface area (Å²) in [6.45, 7) is 1.47. The number of aliphatic carboxylic acids is 1. The van der Waals surface area contributed by atoms with Crippen LogP contribution in [0.5, 0.6) is 0 Å². The van der Waals surface area contributed by atoms with E-state index in [4.69, 9.17) is 5.84 Å². The van der Waals surface area contributed by atoms with Crippen molar-refractivity contribution in [3.8, 4) is 0 Å². The molecule has 3 N–H and O–H groups in total. The van der Waals surface area contributed by atoms with E-state index in [1.165, 1.54) is 12.1 Å². The SMILES string of the molecule is CC(=O)N(C(=O)c1ccccc1)C1(C(=O)O)CCCN1N. The molecule has 1 aliphatic heterocycles. The number of amides is 2. The molecule has 2 amide bonds. The van der Waals surface area contributed by atoms with Gasteiger partial charge in [0.15, 0.2) is 0 Å². The van der Waals surface area contributed by atoms with Crippen molar-refractivity contribution in [2.75, 3.05) is 6.54 Å². The van der Waals surface area contributed by atoms with Gasteiger partial charge in [0, 0.05) is 19.0 Å². The molecule has 1 heterocycles. The Morgan fingerprint density at radius 3 is 2.33 bits per heavy atom. The van der Waals surface area contributed by atoms with Gasteiger partial charge in [-0.1, -0.05) is 18.2 Å². The zero-order valence-electron chi connectivity index (χ0n) is 11.7. The Morgan fingerprint density at radius 1 is 1.29 bits per heavy atom. The summed E-state index contributed by atoms with van der Waals surface area (Å²) in [5.41, 5.74) is -1.58. The number of carbonyl (C=O) groups is 3. The number of hydrogen-bond donors (Lipinski definition) is 2. The predicted octanol–water partition coefficient (Wildman–Crippen LogP) is 0.426. The lowest BCUT2D eigenvalue weighted by Crippen LogP contribution is -2.67. The van der Waals surface area contributed by atoms with Gasteiger partial charge in [-0.2, -0.15) is 0 Å². The van der Waals surface area contributed by atoms with Gasteiger partial charge in [-0.3, -0.25) is 15.4 Å². The van der Waals surface area contributed by atoms with Gasteiger partial charge in [-0.15, -0.1) is 0 Å². The number of carboxylic acids is 1.